The van der Waals surface area contributed by atoms with Crippen LogP contribution in [0.5, 0.6) is 0 Å². The Morgan fingerprint density at radius 2 is 1.74 bits per heavy atom. The van der Waals surface area contributed by atoms with Crippen molar-refractivity contribution in [2.24, 2.45) is 0 Å². The molecule has 0 spiro atoms. The quantitative estimate of drug-likeness (QED) is 0.745. The molecule has 3 aromatic rings. The molecule has 23 heavy (non-hydrogen) atoms. The number of rotatable bonds is 3. The fraction of sp³-hybridized carbons (Fsp3) is 0.0625. The molecule has 0 aliphatic rings. The van der Waals surface area contributed by atoms with Gasteiger partial charge < -0.3 is 0 Å². The van der Waals surface area contributed by atoms with Crippen molar-refractivity contribution in [1.82, 2.24) is 15.0 Å². The van der Waals surface area contributed by atoms with Crippen LogP contribution in [0.25, 0.3) is 11.3 Å². The van der Waals surface area contributed by atoms with Crippen molar-refractivity contribution in [3.8, 4) is 17.3 Å². The molecule has 0 saturated heterocycles. The van der Waals surface area contributed by atoms with Gasteiger partial charge >= 0.3 is 0 Å². The van der Waals surface area contributed by atoms with Crippen molar-refractivity contribution in [1.29, 1.82) is 5.26 Å². The molecule has 0 fully saturated rings. The van der Waals surface area contributed by atoms with Gasteiger partial charge in [0.05, 0.1) is 6.54 Å². The summed E-state index contributed by atoms with van der Waals surface area (Å²) >= 11 is 0. The molecule has 1 aromatic heterocycles. The second kappa shape index (κ2) is 5.93. The summed E-state index contributed by atoms with van der Waals surface area (Å²) in [5, 5.41) is 16.7. The Morgan fingerprint density at radius 3 is 2.39 bits per heavy atom. The highest BCUT2D eigenvalue weighted by molar-refractivity contribution is 5.65. The lowest BCUT2D eigenvalue weighted by Crippen LogP contribution is -2.05. The van der Waals surface area contributed by atoms with E-state index in [1.54, 1.807) is 12.1 Å². The van der Waals surface area contributed by atoms with Crippen LogP contribution in [0.15, 0.2) is 42.5 Å². The molecule has 0 N–H and O–H groups in total. The van der Waals surface area contributed by atoms with Gasteiger partial charge in [0.25, 0.3) is 0 Å². The molecule has 4 nitrogen and oxygen atoms in total. The lowest BCUT2D eigenvalue weighted by molar-refractivity contribution is 0.509. The Kier molecular flexibility index (Phi) is 3.81. The zero-order chi connectivity index (χ0) is 16.4. The molecule has 0 aliphatic heterocycles. The van der Waals surface area contributed by atoms with Gasteiger partial charge in [-0.15, -0.1) is 5.10 Å². The van der Waals surface area contributed by atoms with Gasteiger partial charge in [-0.05, 0) is 35.9 Å². The average Bonchev–Trinajstić information content (AvgIpc) is 2.95. The molecule has 114 valence electrons. The van der Waals surface area contributed by atoms with Crippen LogP contribution in [0.3, 0.4) is 0 Å². The first-order valence-corrected chi connectivity index (χ1v) is 6.62. The first-order valence-electron chi connectivity index (χ1n) is 6.62. The first kappa shape index (κ1) is 14.8. The van der Waals surface area contributed by atoms with Crippen molar-refractivity contribution in [2.75, 3.05) is 0 Å². The van der Waals surface area contributed by atoms with Gasteiger partial charge in [-0.2, -0.15) is 5.26 Å². The summed E-state index contributed by atoms with van der Waals surface area (Å²) in [5.41, 5.74) is 1.28. The maximum absolute atomic E-state index is 13.5. The van der Waals surface area contributed by atoms with E-state index >= 15 is 0 Å². The first-order chi connectivity index (χ1) is 11.1. The zero-order valence-electron chi connectivity index (χ0n) is 11.7. The lowest BCUT2D eigenvalue weighted by atomic mass is 10.1. The molecule has 0 unspecified atom stereocenters. The van der Waals surface area contributed by atoms with Crippen molar-refractivity contribution in [3.05, 3.63) is 71.2 Å². The van der Waals surface area contributed by atoms with Crippen LogP contribution >= 0.6 is 0 Å². The fourth-order valence-corrected chi connectivity index (χ4v) is 2.19. The third-order valence-corrected chi connectivity index (χ3v) is 3.28. The van der Waals surface area contributed by atoms with Gasteiger partial charge in [0.2, 0.25) is 0 Å². The molecular weight excluding hydrogens is 305 g/mol. The van der Waals surface area contributed by atoms with Crippen LogP contribution in [0.1, 0.15) is 11.3 Å². The summed E-state index contributed by atoms with van der Waals surface area (Å²) in [6.07, 6.45) is 0. The maximum Gasteiger partial charge on any atom is 0.190 e. The number of hydrogen-bond acceptors (Lipinski definition) is 3. The summed E-state index contributed by atoms with van der Waals surface area (Å²) in [6, 6.07) is 10.9. The number of nitrogens with zero attached hydrogens (tertiary/aromatic N) is 4. The van der Waals surface area contributed by atoms with Gasteiger partial charge in [0.1, 0.15) is 17.6 Å². The number of nitriles is 1. The molecule has 1 heterocycles. The second-order valence-electron chi connectivity index (χ2n) is 4.81. The summed E-state index contributed by atoms with van der Waals surface area (Å²) in [5.74, 6) is -2.38. The van der Waals surface area contributed by atoms with Crippen LogP contribution in [-0.4, -0.2) is 15.0 Å². The predicted octanol–water partition coefficient (Wildman–Crippen LogP) is 3.28. The van der Waals surface area contributed by atoms with E-state index in [-0.39, 0.29) is 29.3 Å². The molecule has 2 aromatic carbocycles. The number of benzene rings is 2. The molecule has 0 radical (unpaired) electrons. The van der Waals surface area contributed by atoms with Crippen LogP contribution in [0, 0.1) is 28.8 Å². The van der Waals surface area contributed by atoms with E-state index in [9.17, 15) is 13.2 Å². The van der Waals surface area contributed by atoms with Crippen molar-refractivity contribution in [3.63, 3.8) is 0 Å². The zero-order valence-corrected chi connectivity index (χ0v) is 11.7. The lowest BCUT2D eigenvalue weighted by Gasteiger charge is -2.07. The summed E-state index contributed by atoms with van der Waals surface area (Å²) < 4.78 is 40.9. The molecule has 0 saturated carbocycles. The largest absolute Gasteiger partial charge is 0.239 e. The second-order valence-corrected chi connectivity index (χ2v) is 4.81. The minimum absolute atomic E-state index is 0.00174. The van der Waals surface area contributed by atoms with Gasteiger partial charge in [-0.1, -0.05) is 17.3 Å². The van der Waals surface area contributed by atoms with Crippen LogP contribution in [0.2, 0.25) is 0 Å². The van der Waals surface area contributed by atoms with Crippen molar-refractivity contribution in [2.45, 2.75) is 6.54 Å². The van der Waals surface area contributed by atoms with E-state index in [1.807, 2.05) is 6.07 Å². The smallest absolute Gasteiger partial charge is 0.190 e. The van der Waals surface area contributed by atoms with Gasteiger partial charge in [0.15, 0.2) is 17.3 Å². The SMILES string of the molecule is N#Cc1nnn(Cc2ccc(F)cc2)c1-c1ccc(F)c(F)c1. The van der Waals surface area contributed by atoms with E-state index in [1.165, 1.54) is 22.9 Å². The predicted molar refractivity (Wildman–Crippen MR) is 75.6 cm³/mol. The third-order valence-electron chi connectivity index (χ3n) is 3.28. The normalized spacial score (nSPS) is 10.5. The molecule has 0 atom stereocenters. The van der Waals surface area contributed by atoms with E-state index in [0.717, 1.165) is 17.7 Å². The highest BCUT2D eigenvalue weighted by Gasteiger charge is 2.16. The monoisotopic (exact) mass is 314 g/mol. The van der Waals surface area contributed by atoms with E-state index in [0.29, 0.717) is 0 Å². The summed E-state index contributed by atoms with van der Waals surface area (Å²) in [4.78, 5) is 0. The highest BCUT2D eigenvalue weighted by Crippen LogP contribution is 2.24. The Balaban J connectivity index is 2.05. The number of hydrogen-bond donors (Lipinski definition) is 0. The van der Waals surface area contributed by atoms with Gasteiger partial charge in [-0.3, -0.25) is 0 Å². The van der Waals surface area contributed by atoms with Crippen LogP contribution < -0.4 is 0 Å². The Hall–Kier alpha value is -3.14. The maximum atomic E-state index is 13.5. The van der Waals surface area contributed by atoms with Crippen LogP contribution in [-0.2, 0) is 6.54 Å². The molecule has 0 aliphatic carbocycles. The Bertz CT molecular complexity index is 895. The number of halogens is 3. The molecule has 0 bridgehead atoms. The fourth-order valence-electron chi connectivity index (χ4n) is 2.19. The summed E-state index contributed by atoms with van der Waals surface area (Å²) in [7, 11) is 0. The molecular formula is C16H9F3N4. The minimum atomic E-state index is -1.03. The standard InChI is InChI=1S/C16H9F3N4/c17-12-4-1-10(2-5-12)9-23-16(15(8-20)21-22-23)11-3-6-13(18)14(19)7-11/h1-7H,9H2. The molecule has 3 rings (SSSR count). The Morgan fingerprint density at radius 1 is 1.00 bits per heavy atom. The minimum Gasteiger partial charge on any atom is -0.239 e. The molecule has 0 amide bonds. The summed E-state index contributed by atoms with van der Waals surface area (Å²) in [6.45, 7) is 0.212. The third kappa shape index (κ3) is 2.92. The van der Waals surface area contributed by atoms with Crippen molar-refractivity contribution < 1.29 is 13.2 Å². The van der Waals surface area contributed by atoms with Gasteiger partial charge in [0, 0.05) is 5.56 Å². The van der Waals surface area contributed by atoms with E-state index in [4.69, 9.17) is 5.26 Å². The van der Waals surface area contributed by atoms with E-state index < -0.39 is 11.6 Å². The average molecular weight is 314 g/mol. The molecule has 7 heteroatoms. The van der Waals surface area contributed by atoms with Crippen LogP contribution in [0.4, 0.5) is 13.2 Å². The topological polar surface area (TPSA) is 54.5 Å². The van der Waals surface area contributed by atoms with Crippen molar-refractivity contribution >= 4 is 0 Å². The number of aromatic nitrogens is 3. The van der Waals surface area contributed by atoms with Gasteiger partial charge in [-0.25, -0.2) is 17.9 Å². The Labute approximate surface area is 129 Å². The highest BCUT2D eigenvalue weighted by atomic mass is 19.2. The van der Waals surface area contributed by atoms with E-state index in [2.05, 4.69) is 10.3 Å².